The lowest BCUT2D eigenvalue weighted by Crippen LogP contribution is -2.34. The highest BCUT2D eigenvalue weighted by Crippen LogP contribution is 2.32. The van der Waals surface area contributed by atoms with Gasteiger partial charge in [-0.1, -0.05) is 24.3 Å². The van der Waals surface area contributed by atoms with Crippen molar-refractivity contribution in [1.82, 2.24) is 5.43 Å². The van der Waals surface area contributed by atoms with E-state index in [4.69, 9.17) is 5.84 Å². The zero-order valence-electron chi connectivity index (χ0n) is 7.49. The third-order valence-corrected chi connectivity index (χ3v) is 2.48. The van der Waals surface area contributed by atoms with E-state index in [2.05, 4.69) is 5.43 Å². The van der Waals surface area contributed by atoms with Crippen molar-refractivity contribution in [3.05, 3.63) is 35.4 Å². The fraction of sp³-hybridized carbons (Fsp3) is 0.200. The molecule has 0 unspecified atom stereocenters. The molecule has 1 atom stereocenters. The Morgan fingerprint density at radius 2 is 2.14 bits per heavy atom. The fourth-order valence-electron chi connectivity index (χ4n) is 1.79. The van der Waals surface area contributed by atoms with Gasteiger partial charge in [-0.05, 0) is 5.56 Å². The number of benzene rings is 1. The summed E-state index contributed by atoms with van der Waals surface area (Å²) in [7, 11) is 0. The largest absolute Gasteiger partial charge is 0.294 e. The number of hydrogen-bond acceptors (Lipinski definition) is 3. The van der Waals surface area contributed by atoms with Crippen molar-refractivity contribution in [2.75, 3.05) is 0 Å². The van der Waals surface area contributed by atoms with E-state index in [-0.39, 0.29) is 18.1 Å². The van der Waals surface area contributed by atoms with Crippen LogP contribution < -0.4 is 11.3 Å². The summed E-state index contributed by atoms with van der Waals surface area (Å²) in [4.78, 5) is 22.8. The van der Waals surface area contributed by atoms with Gasteiger partial charge in [-0.15, -0.1) is 0 Å². The Kier molecular flexibility index (Phi) is 2.05. The Balaban J connectivity index is 2.44. The second-order valence-corrected chi connectivity index (χ2v) is 3.28. The Bertz CT molecular complexity index is 401. The molecule has 0 spiro atoms. The summed E-state index contributed by atoms with van der Waals surface area (Å²) in [5, 5.41) is 0. The minimum Gasteiger partial charge on any atom is -0.294 e. The van der Waals surface area contributed by atoms with E-state index in [1.807, 2.05) is 6.07 Å². The van der Waals surface area contributed by atoms with Gasteiger partial charge in [-0.25, -0.2) is 5.84 Å². The van der Waals surface area contributed by atoms with E-state index in [1.165, 1.54) is 0 Å². The van der Waals surface area contributed by atoms with Crippen LogP contribution in [0.15, 0.2) is 24.3 Å². The smallest absolute Gasteiger partial charge is 0.241 e. The Morgan fingerprint density at radius 1 is 1.43 bits per heavy atom. The van der Waals surface area contributed by atoms with E-state index in [9.17, 15) is 9.59 Å². The zero-order valence-corrected chi connectivity index (χ0v) is 7.49. The fourth-order valence-corrected chi connectivity index (χ4v) is 1.79. The maximum absolute atomic E-state index is 11.5. The normalized spacial score (nSPS) is 19.2. The molecule has 3 N–H and O–H groups in total. The Morgan fingerprint density at radius 3 is 2.86 bits per heavy atom. The molecule has 1 amide bonds. The minimum atomic E-state index is -0.413. The average Bonchev–Trinajstić information content (AvgIpc) is 2.56. The number of ketones is 1. The van der Waals surface area contributed by atoms with Crippen LogP contribution in [0.4, 0.5) is 0 Å². The summed E-state index contributed by atoms with van der Waals surface area (Å²) >= 11 is 0. The van der Waals surface area contributed by atoms with Crippen molar-refractivity contribution in [3.8, 4) is 0 Å². The molecule has 0 bridgehead atoms. The second-order valence-electron chi connectivity index (χ2n) is 3.28. The predicted molar refractivity (Wildman–Crippen MR) is 50.5 cm³/mol. The van der Waals surface area contributed by atoms with Crippen molar-refractivity contribution in [1.29, 1.82) is 0 Å². The predicted octanol–water partition coefficient (Wildman–Crippen LogP) is 0.346. The molecular weight excluding hydrogens is 180 g/mol. The summed E-state index contributed by atoms with van der Waals surface area (Å²) in [5.41, 5.74) is 3.50. The van der Waals surface area contributed by atoms with E-state index >= 15 is 0 Å². The highest BCUT2D eigenvalue weighted by atomic mass is 16.2. The number of carbonyl (C=O) groups is 2. The van der Waals surface area contributed by atoms with Gasteiger partial charge in [0, 0.05) is 12.0 Å². The summed E-state index contributed by atoms with van der Waals surface area (Å²) in [6, 6.07) is 7.13. The maximum atomic E-state index is 11.5. The lowest BCUT2D eigenvalue weighted by molar-refractivity contribution is -0.122. The van der Waals surface area contributed by atoms with Crippen LogP contribution >= 0.6 is 0 Å². The molecule has 0 saturated heterocycles. The Hall–Kier alpha value is -1.68. The van der Waals surface area contributed by atoms with Crippen LogP contribution in [-0.4, -0.2) is 11.7 Å². The van der Waals surface area contributed by atoms with Gasteiger partial charge in [0.25, 0.3) is 0 Å². The number of nitrogens with one attached hydrogen (secondary N) is 1. The molecule has 0 saturated carbocycles. The minimum absolute atomic E-state index is 0.00852. The average molecular weight is 190 g/mol. The molecule has 0 fully saturated rings. The van der Waals surface area contributed by atoms with Crippen LogP contribution in [0.3, 0.4) is 0 Å². The number of nitrogens with two attached hydrogens (primary N) is 1. The van der Waals surface area contributed by atoms with Gasteiger partial charge >= 0.3 is 0 Å². The van der Waals surface area contributed by atoms with Gasteiger partial charge < -0.3 is 0 Å². The lowest BCUT2D eigenvalue weighted by atomic mass is 10.0. The van der Waals surface area contributed by atoms with Crippen molar-refractivity contribution in [3.63, 3.8) is 0 Å². The summed E-state index contributed by atoms with van der Waals surface area (Å²) < 4.78 is 0. The van der Waals surface area contributed by atoms with Gasteiger partial charge in [-0.3, -0.25) is 15.0 Å². The molecule has 4 heteroatoms. The molecule has 14 heavy (non-hydrogen) atoms. The summed E-state index contributed by atoms with van der Waals surface area (Å²) in [6.07, 6.45) is 0.225. The highest BCUT2D eigenvalue weighted by molar-refractivity contribution is 6.06. The van der Waals surface area contributed by atoms with E-state index in [1.54, 1.807) is 18.2 Å². The Labute approximate surface area is 81.1 Å². The molecule has 1 aliphatic carbocycles. The lowest BCUT2D eigenvalue weighted by Gasteiger charge is -2.07. The highest BCUT2D eigenvalue weighted by Gasteiger charge is 2.33. The number of rotatable bonds is 1. The van der Waals surface area contributed by atoms with Gasteiger partial charge in [-0.2, -0.15) is 0 Å². The molecular formula is C10H10N2O2. The van der Waals surface area contributed by atoms with Gasteiger partial charge in [0.15, 0.2) is 5.78 Å². The first-order valence-electron chi connectivity index (χ1n) is 4.36. The van der Waals surface area contributed by atoms with E-state index in [0.29, 0.717) is 5.56 Å². The molecule has 0 radical (unpaired) electrons. The van der Waals surface area contributed by atoms with Crippen LogP contribution in [0.2, 0.25) is 0 Å². The van der Waals surface area contributed by atoms with Crippen molar-refractivity contribution in [2.24, 2.45) is 5.84 Å². The molecule has 0 aliphatic heterocycles. The quantitative estimate of drug-likeness (QED) is 0.381. The molecule has 0 aromatic heterocycles. The first-order valence-corrected chi connectivity index (χ1v) is 4.36. The maximum Gasteiger partial charge on any atom is 0.241 e. The molecule has 4 nitrogen and oxygen atoms in total. The number of Topliss-reactive ketones (excluding diaryl/α,β-unsaturated/α-hetero) is 1. The van der Waals surface area contributed by atoms with Crippen LogP contribution in [0.25, 0.3) is 0 Å². The van der Waals surface area contributed by atoms with Crippen molar-refractivity contribution < 1.29 is 9.59 Å². The number of hydrazine groups is 1. The topological polar surface area (TPSA) is 72.2 Å². The molecule has 1 aromatic rings. The third kappa shape index (κ3) is 1.20. The van der Waals surface area contributed by atoms with Crippen LogP contribution in [0.1, 0.15) is 28.3 Å². The second kappa shape index (κ2) is 3.23. The van der Waals surface area contributed by atoms with Gasteiger partial charge in [0.1, 0.15) is 0 Å². The number of carbonyl (C=O) groups excluding carboxylic acids is 2. The first-order chi connectivity index (χ1) is 6.74. The van der Waals surface area contributed by atoms with Crippen LogP contribution in [0, 0.1) is 0 Å². The van der Waals surface area contributed by atoms with Gasteiger partial charge in [0.2, 0.25) is 5.91 Å². The molecule has 0 heterocycles. The van der Waals surface area contributed by atoms with Crippen molar-refractivity contribution >= 4 is 11.7 Å². The van der Waals surface area contributed by atoms with Crippen molar-refractivity contribution in [2.45, 2.75) is 12.3 Å². The SMILES string of the molecule is NNC(=O)[C@H]1CC(=O)c2ccccc21. The number of hydrogen-bond donors (Lipinski definition) is 2. The number of fused-ring (bicyclic) bond motifs is 1. The molecule has 2 rings (SSSR count). The van der Waals surface area contributed by atoms with Gasteiger partial charge in [0.05, 0.1) is 5.92 Å². The molecule has 72 valence electrons. The van der Waals surface area contributed by atoms with Crippen LogP contribution in [-0.2, 0) is 4.79 Å². The summed E-state index contributed by atoms with van der Waals surface area (Å²) in [5.74, 6) is 4.34. The first kappa shape index (κ1) is 8.90. The summed E-state index contributed by atoms with van der Waals surface area (Å²) in [6.45, 7) is 0. The molecule has 1 aromatic carbocycles. The van der Waals surface area contributed by atoms with E-state index < -0.39 is 5.92 Å². The monoisotopic (exact) mass is 190 g/mol. The standard InChI is InChI=1S/C10H10N2O2/c11-12-10(14)8-5-9(13)7-4-2-1-3-6(7)8/h1-4,8H,5,11H2,(H,12,14)/t8-/m0/s1. The van der Waals surface area contributed by atoms with Crippen LogP contribution in [0.5, 0.6) is 0 Å². The number of amides is 1. The third-order valence-electron chi connectivity index (χ3n) is 2.48. The zero-order chi connectivity index (χ0) is 10.1. The van der Waals surface area contributed by atoms with E-state index in [0.717, 1.165) is 5.56 Å². The molecule has 1 aliphatic rings.